The van der Waals surface area contributed by atoms with Gasteiger partial charge in [0.2, 0.25) is 0 Å². The van der Waals surface area contributed by atoms with Gasteiger partial charge in [-0.05, 0) is 23.1 Å². The minimum absolute atomic E-state index is 0.0289. The molecule has 4 atom stereocenters. The van der Waals surface area contributed by atoms with E-state index in [1.165, 1.54) is 7.11 Å². The molecular weight excluding hydrogens is 494 g/mol. The molecule has 1 saturated carbocycles. The van der Waals surface area contributed by atoms with Crippen LogP contribution in [0.4, 0.5) is 4.79 Å². The second kappa shape index (κ2) is 15.0. The van der Waals surface area contributed by atoms with Crippen LogP contribution in [-0.2, 0) is 38.8 Å². The average molecular weight is 532 g/mol. The summed E-state index contributed by atoms with van der Waals surface area (Å²) in [5, 5.41) is 13.0. The third kappa shape index (κ3) is 9.21. The van der Waals surface area contributed by atoms with Crippen molar-refractivity contribution >= 4 is 12.1 Å². The summed E-state index contributed by atoms with van der Waals surface area (Å²) >= 11 is 0. The van der Waals surface area contributed by atoms with E-state index in [1.54, 1.807) is 0 Å². The second-order valence-electron chi connectivity index (χ2n) is 9.64. The van der Waals surface area contributed by atoms with Crippen LogP contribution in [0.3, 0.4) is 0 Å². The quantitative estimate of drug-likeness (QED) is 0.238. The first kappa shape index (κ1) is 28.3. The lowest BCUT2D eigenvalue weighted by atomic mass is 9.81. The normalized spacial score (nSPS) is 20.6. The van der Waals surface area contributed by atoms with Crippen molar-refractivity contribution in [2.45, 2.75) is 50.9 Å². The lowest BCUT2D eigenvalue weighted by Gasteiger charge is -2.41. The van der Waals surface area contributed by atoms with Crippen LogP contribution in [0.5, 0.6) is 0 Å². The van der Waals surface area contributed by atoms with E-state index in [0.717, 1.165) is 16.7 Å². The number of amidine groups is 1. The van der Waals surface area contributed by atoms with Gasteiger partial charge in [0.15, 0.2) is 0 Å². The molecule has 0 aliphatic heterocycles. The highest BCUT2D eigenvalue weighted by atomic mass is 16.5. The average Bonchev–Trinajstić information content (AvgIpc) is 2.97. The molecule has 0 radical (unpaired) electrons. The summed E-state index contributed by atoms with van der Waals surface area (Å²) in [7, 11) is 1.34. The van der Waals surface area contributed by atoms with Crippen molar-refractivity contribution in [3.63, 3.8) is 0 Å². The highest BCUT2D eigenvalue weighted by molar-refractivity contribution is 5.91. The summed E-state index contributed by atoms with van der Waals surface area (Å²) in [6, 6.07) is 29.0. The molecular formula is C31H37N3O5. The Morgan fingerprint density at radius 2 is 1.28 bits per heavy atom. The molecule has 39 heavy (non-hydrogen) atoms. The zero-order chi connectivity index (χ0) is 27.3. The van der Waals surface area contributed by atoms with Gasteiger partial charge < -0.3 is 24.3 Å². The van der Waals surface area contributed by atoms with Crippen molar-refractivity contribution in [1.29, 1.82) is 5.41 Å². The van der Waals surface area contributed by atoms with Crippen molar-refractivity contribution in [2.24, 2.45) is 5.92 Å². The molecule has 206 valence electrons. The van der Waals surface area contributed by atoms with Gasteiger partial charge in [-0.2, -0.15) is 0 Å². The summed E-state index contributed by atoms with van der Waals surface area (Å²) in [6.07, 6.45) is 0.770. The Balaban J connectivity index is 1.47. The molecule has 0 bridgehead atoms. The Kier molecular flexibility index (Phi) is 10.9. The lowest BCUT2D eigenvalue weighted by molar-refractivity contribution is -0.109. The molecule has 0 aromatic heterocycles. The second-order valence-corrected chi connectivity index (χ2v) is 9.64. The highest BCUT2D eigenvalue weighted by Gasteiger charge is 2.39. The number of ether oxygens (including phenoxy) is 4. The smallest absolute Gasteiger partial charge is 0.323 e. The summed E-state index contributed by atoms with van der Waals surface area (Å²) < 4.78 is 23.8. The Labute approximate surface area is 230 Å². The van der Waals surface area contributed by atoms with Crippen LogP contribution in [-0.4, -0.2) is 44.0 Å². The van der Waals surface area contributed by atoms with Crippen LogP contribution < -0.4 is 10.6 Å². The first-order valence-electron chi connectivity index (χ1n) is 13.2. The Bertz CT molecular complexity index is 1150. The molecule has 0 saturated heterocycles. The minimum atomic E-state index is -0.507. The fourth-order valence-corrected chi connectivity index (χ4v) is 4.75. The predicted molar refractivity (Wildman–Crippen MR) is 149 cm³/mol. The zero-order valence-electron chi connectivity index (χ0n) is 22.3. The van der Waals surface area contributed by atoms with Crippen LogP contribution in [0.15, 0.2) is 91.0 Å². The number of methoxy groups -OCH3 is 1. The highest BCUT2D eigenvalue weighted by Crippen LogP contribution is 2.31. The Morgan fingerprint density at radius 1 is 0.769 bits per heavy atom. The molecule has 1 fully saturated rings. The van der Waals surface area contributed by atoms with E-state index in [-0.39, 0.29) is 30.2 Å². The van der Waals surface area contributed by atoms with Gasteiger partial charge in [-0.15, -0.1) is 0 Å². The van der Waals surface area contributed by atoms with E-state index in [2.05, 4.69) is 10.6 Å². The number of nitrogens with one attached hydrogen (secondary N) is 3. The number of carbonyl (C=O) groups excluding carboxylic acids is 1. The molecule has 3 aromatic carbocycles. The van der Waals surface area contributed by atoms with Crippen LogP contribution in [0.2, 0.25) is 0 Å². The molecule has 1 aliphatic rings. The number of hydrogen-bond acceptors (Lipinski definition) is 6. The van der Waals surface area contributed by atoms with E-state index < -0.39 is 6.03 Å². The summed E-state index contributed by atoms with van der Waals surface area (Å²) in [4.78, 5) is 12.6. The van der Waals surface area contributed by atoms with Gasteiger partial charge in [0.25, 0.3) is 6.02 Å². The molecule has 4 rings (SSSR count). The Morgan fingerprint density at radius 3 is 1.82 bits per heavy atom. The Hall–Kier alpha value is -3.72. The molecule has 1 aliphatic carbocycles. The fourth-order valence-electron chi connectivity index (χ4n) is 4.75. The largest absolute Gasteiger partial charge is 0.468 e. The summed E-state index contributed by atoms with van der Waals surface area (Å²) in [6.45, 7) is 1.88. The molecule has 0 heterocycles. The predicted octanol–water partition coefficient (Wildman–Crippen LogP) is 5.03. The van der Waals surface area contributed by atoms with Gasteiger partial charge in [-0.1, -0.05) is 91.0 Å². The molecule has 8 nitrogen and oxygen atoms in total. The molecule has 1 unspecified atom stereocenters. The summed E-state index contributed by atoms with van der Waals surface area (Å²) in [5.41, 5.74) is 3.25. The van der Waals surface area contributed by atoms with E-state index in [0.29, 0.717) is 39.3 Å². The number of benzene rings is 3. The lowest BCUT2D eigenvalue weighted by Crippen LogP contribution is -2.55. The van der Waals surface area contributed by atoms with Crippen LogP contribution in [0.25, 0.3) is 0 Å². The van der Waals surface area contributed by atoms with Crippen molar-refractivity contribution in [3.05, 3.63) is 108 Å². The van der Waals surface area contributed by atoms with Gasteiger partial charge in [-0.3, -0.25) is 10.7 Å². The van der Waals surface area contributed by atoms with Crippen molar-refractivity contribution in [2.75, 3.05) is 13.7 Å². The van der Waals surface area contributed by atoms with E-state index >= 15 is 0 Å². The van der Waals surface area contributed by atoms with E-state index in [9.17, 15) is 4.79 Å². The first-order valence-corrected chi connectivity index (χ1v) is 13.2. The fraction of sp³-hybridized carbons (Fsp3) is 0.355. The maximum absolute atomic E-state index is 12.6. The van der Waals surface area contributed by atoms with Gasteiger partial charge in [0.1, 0.15) is 0 Å². The molecule has 0 spiro atoms. The van der Waals surface area contributed by atoms with Gasteiger partial charge >= 0.3 is 6.03 Å². The third-order valence-electron chi connectivity index (χ3n) is 6.80. The van der Waals surface area contributed by atoms with Crippen molar-refractivity contribution in [3.8, 4) is 0 Å². The van der Waals surface area contributed by atoms with Crippen LogP contribution in [0.1, 0.15) is 29.5 Å². The first-order chi connectivity index (χ1) is 19.1. The molecule has 3 N–H and O–H groups in total. The SMILES string of the molecule is COC(=N)NC(=O)N[C@@H]1C[C@H](COCc2ccccc2)C(OCc2ccccc2)C[C@@H]1OCc1ccccc1. The minimum Gasteiger partial charge on any atom is -0.468 e. The molecule has 2 amide bonds. The van der Waals surface area contributed by atoms with E-state index in [4.69, 9.17) is 24.4 Å². The van der Waals surface area contributed by atoms with Gasteiger partial charge in [-0.25, -0.2) is 4.79 Å². The van der Waals surface area contributed by atoms with E-state index in [1.807, 2.05) is 91.0 Å². The van der Waals surface area contributed by atoms with Crippen LogP contribution in [0, 0.1) is 11.3 Å². The monoisotopic (exact) mass is 531 g/mol. The number of carbonyl (C=O) groups is 1. The van der Waals surface area contributed by atoms with Gasteiger partial charge in [0.05, 0.1) is 51.8 Å². The molecule has 8 heteroatoms. The zero-order valence-corrected chi connectivity index (χ0v) is 22.3. The summed E-state index contributed by atoms with van der Waals surface area (Å²) in [5.74, 6) is 0.0289. The number of hydrogen-bond donors (Lipinski definition) is 3. The number of urea groups is 1. The van der Waals surface area contributed by atoms with Crippen LogP contribution >= 0.6 is 0 Å². The maximum atomic E-state index is 12.6. The number of amides is 2. The van der Waals surface area contributed by atoms with Crippen molar-refractivity contribution in [1.82, 2.24) is 10.6 Å². The number of rotatable bonds is 11. The molecule has 3 aromatic rings. The van der Waals surface area contributed by atoms with Crippen molar-refractivity contribution < 1.29 is 23.7 Å². The topological polar surface area (TPSA) is 102 Å². The maximum Gasteiger partial charge on any atom is 0.323 e. The third-order valence-corrected chi connectivity index (χ3v) is 6.80. The van der Waals surface area contributed by atoms with Gasteiger partial charge in [0, 0.05) is 12.3 Å². The standard InChI is InChI=1S/C31H37N3O5/c1-36-30(32)34-31(35)33-27-17-26(22-37-19-23-11-5-2-6-12-23)28(38-20-24-13-7-3-8-14-24)18-29(27)39-21-25-15-9-4-10-16-25/h2-16,26-29H,17-22H2,1H3,(H3,32,33,34,35)/t26-,27-,28?,29+/m1/s1.